The minimum absolute atomic E-state index is 0.264. The van der Waals surface area contributed by atoms with Crippen molar-refractivity contribution in [1.29, 1.82) is 0 Å². The Morgan fingerprint density at radius 3 is 3.12 bits per heavy atom. The zero-order valence-electron chi connectivity index (χ0n) is 8.97. The number of amides is 2. The van der Waals surface area contributed by atoms with E-state index in [1.54, 1.807) is 10.6 Å². The molecule has 0 aliphatic heterocycles. The van der Waals surface area contributed by atoms with Crippen molar-refractivity contribution in [3.05, 3.63) is 24.4 Å². The van der Waals surface area contributed by atoms with Crippen LogP contribution < -0.4 is 10.6 Å². The number of carbonyl (C=O) groups excluding carboxylic acids is 1. The molecule has 2 amide bonds. The summed E-state index contributed by atoms with van der Waals surface area (Å²) in [6.45, 7) is 2.63. The number of pyridine rings is 1. The summed E-state index contributed by atoms with van der Waals surface area (Å²) in [4.78, 5) is 11.4. The van der Waals surface area contributed by atoms with Crippen LogP contribution in [0, 0.1) is 0 Å². The highest BCUT2D eigenvalue weighted by atomic mass is 16.2. The van der Waals surface area contributed by atoms with Gasteiger partial charge in [0.1, 0.15) is 0 Å². The molecule has 84 valence electrons. The minimum atomic E-state index is -0.264. The maximum Gasteiger partial charge on any atom is 0.321 e. The van der Waals surface area contributed by atoms with Gasteiger partial charge in [-0.1, -0.05) is 13.0 Å². The van der Waals surface area contributed by atoms with Gasteiger partial charge in [-0.2, -0.15) is 0 Å². The van der Waals surface area contributed by atoms with Gasteiger partial charge in [-0.3, -0.25) is 9.72 Å². The van der Waals surface area contributed by atoms with E-state index >= 15 is 0 Å². The number of anilines is 1. The van der Waals surface area contributed by atoms with Gasteiger partial charge in [0.2, 0.25) is 5.95 Å². The van der Waals surface area contributed by atoms with Crippen LogP contribution in [-0.2, 0) is 0 Å². The van der Waals surface area contributed by atoms with Crippen LogP contribution in [0.1, 0.15) is 13.3 Å². The van der Waals surface area contributed by atoms with Crippen molar-refractivity contribution in [3.63, 3.8) is 0 Å². The number of fused-ring (bicyclic) bond motifs is 1. The van der Waals surface area contributed by atoms with Gasteiger partial charge < -0.3 is 5.32 Å². The third-order valence-electron chi connectivity index (χ3n) is 2.07. The molecule has 0 aromatic carbocycles. The molecule has 0 fully saturated rings. The van der Waals surface area contributed by atoms with Gasteiger partial charge in [-0.25, -0.2) is 4.79 Å². The van der Waals surface area contributed by atoms with Crippen molar-refractivity contribution in [2.45, 2.75) is 13.3 Å². The predicted molar refractivity (Wildman–Crippen MR) is 60.3 cm³/mol. The van der Waals surface area contributed by atoms with Gasteiger partial charge in [0, 0.05) is 12.7 Å². The predicted octanol–water partition coefficient (Wildman–Crippen LogP) is 1.26. The Bertz CT molecular complexity index is 493. The first-order chi connectivity index (χ1) is 7.81. The molecule has 2 rings (SSSR count). The summed E-state index contributed by atoms with van der Waals surface area (Å²) in [5.41, 5.74) is 0.702. The van der Waals surface area contributed by atoms with Crippen molar-refractivity contribution in [2.24, 2.45) is 0 Å². The van der Waals surface area contributed by atoms with Crippen LogP contribution in [0.15, 0.2) is 24.4 Å². The van der Waals surface area contributed by atoms with Crippen LogP contribution in [0.2, 0.25) is 0 Å². The first-order valence-electron chi connectivity index (χ1n) is 5.16. The van der Waals surface area contributed by atoms with Gasteiger partial charge in [-0.15, -0.1) is 10.2 Å². The third kappa shape index (κ3) is 2.10. The quantitative estimate of drug-likeness (QED) is 0.816. The van der Waals surface area contributed by atoms with Crippen LogP contribution >= 0.6 is 0 Å². The first-order valence-corrected chi connectivity index (χ1v) is 5.16. The summed E-state index contributed by atoms with van der Waals surface area (Å²) in [5, 5.41) is 13.2. The zero-order valence-corrected chi connectivity index (χ0v) is 8.97. The second kappa shape index (κ2) is 4.61. The van der Waals surface area contributed by atoms with E-state index in [9.17, 15) is 4.79 Å². The Balaban J connectivity index is 2.12. The van der Waals surface area contributed by atoms with E-state index in [2.05, 4.69) is 20.8 Å². The van der Waals surface area contributed by atoms with E-state index in [0.717, 1.165) is 6.42 Å². The summed E-state index contributed by atoms with van der Waals surface area (Å²) in [7, 11) is 0. The SMILES string of the molecule is CCCNC(=O)Nc1nnc2ccccn12. The summed E-state index contributed by atoms with van der Waals surface area (Å²) in [6.07, 6.45) is 2.69. The second-order valence-electron chi connectivity index (χ2n) is 3.33. The van der Waals surface area contributed by atoms with Crippen molar-refractivity contribution >= 4 is 17.6 Å². The second-order valence-corrected chi connectivity index (χ2v) is 3.33. The van der Waals surface area contributed by atoms with E-state index < -0.39 is 0 Å². The summed E-state index contributed by atoms with van der Waals surface area (Å²) >= 11 is 0. The fraction of sp³-hybridized carbons (Fsp3) is 0.300. The number of nitrogens with one attached hydrogen (secondary N) is 2. The molecule has 0 aliphatic rings. The Kier molecular flexibility index (Phi) is 3.00. The fourth-order valence-electron chi connectivity index (χ4n) is 1.31. The van der Waals surface area contributed by atoms with Gasteiger partial charge in [0.25, 0.3) is 0 Å². The van der Waals surface area contributed by atoms with E-state index in [1.807, 2.05) is 25.1 Å². The van der Waals surface area contributed by atoms with Gasteiger partial charge in [0.15, 0.2) is 5.65 Å². The van der Waals surface area contributed by atoms with Crippen molar-refractivity contribution in [1.82, 2.24) is 19.9 Å². The van der Waals surface area contributed by atoms with Crippen LogP contribution in [0.25, 0.3) is 5.65 Å². The number of rotatable bonds is 3. The molecule has 0 saturated heterocycles. The highest BCUT2D eigenvalue weighted by Gasteiger charge is 2.07. The molecular formula is C10H13N5O. The van der Waals surface area contributed by atoms with E-state index in [4.69, 9.17) is 0 Å². The molecule has 2 aromatic heterocycles. The van der Waals surface area contributed by atoms with Crippen LogP contribution in [0.5, 0.6) is 0 Å². The molecule has 6 heteroatoms. The van der Waals surface area contributed by atoms with E-state index in [1.165, 1.54) is 0 Å². The lowest BCUT2D eigenvalue weighted by atomic mass is 10.5. The first kappa shape index (κ1) is 10.4. The third-order valence-corrected chi connectivity index (χ3v) is 2.07. The number of hydrogen-bond donors (Lipinski definition) is 2. The highest BCUT2D eigenvalue weighted by Crippen LogP contribution is 2.06. The topological polar surface area (TPSA) is 71.3 Å². The number of carbonyl (C=O) groups is 1. The minimum Gasteiger partial charge on any atom is -0.338 e. The average Bonchev–Trinajstić information content (AvgIpc) is 2.70. The number of hydrogen-bond acceptors (Lipinski definition) is 3. The van der Waals surface area contributed by atoms with Gasteiger partial charge in [0.05, 0.1) is 0 Å². The molecule has 2 N–H and O–H groups in total. The molecule has 6 nitrogen and oxygen atoms in total. The lowest BCUT2D eigenvalue weighted by Gasteiger charge is -2.04. The molecule has 0 bridgehead atoms. The van der Waals surface area contributed by atoms with E-state index in [-0.39, 0.29) is 6.03 Å². The van der Waals surface area contributed by atoms with Crippen LogP contribution in [0.3, 0.4) is 0 Å². The molecule has 2 heterocycles. The van der Waals surface area contributed by atoms with Crippen LogP contribution in [0.4, 0.5) is 10.7 Å². The Morgan fingerprint density at radius 2 is 2.31 bits per heavy atom. The Labute approximate surface area is 92.7 Å². The van der Waals surface area contributed by atoms with Gasteiger partial charge in [-0.05, 0) is 18.6 Å². The molecule has 0 saturated carbocycles. The largest absolute Gasteiger partial charge is 0.338 e. The standard InChI is InChI=1S/C10H13N5O/c1-2-6-11-10(16)12-9-14-13-8-5-3-4-7-15(8)9/h3-5,7H,2,6H2,1H3,(H2,11,12,14,16). The molecule has 0 radical (unpaired) electrons. The van der Waals surface area contributed by atoms with Crippen molar-refractivity contribution < 1.29 is 4.79 Å². The van der Waals surface area contributed by atoms with Gasteiger partial charge >= 0.3 is 6.03 Å². The molecule has 16 heavy (non-hydrogen) atoms. The summed E-state index contributed by atoms with van der Waals surface area (Å²) < 4.78 is 1.71. The normalized spacial score (nSPS) is 10.3. The fourth-order valence-corrected chi connectivity index (χ4v) is 1.31. The molecule has 0 aliphatic carbocycles. The highest BCUT2D eigenvalue weighted by molar-refractivity contribution is 5.87. The molecule has 0 unspecified atom stereocenters. The van der Waals surface area contributed by atoms with Crippen molar-refractivity contribution in [2.75, 3.05) is 11.9 Å². The maximum absolute atomic E-state index is 11.4. The maximum atomic E-state index is 11.4. The lowest BCUT2D eigenvalue weighted by molar-refractivity contribution is 0.252. The Hall–Kier alpha value is -2.11. The molecule has 0 atom stereocenters. The summed E-state index contributed by atoms with van der Waals surface area (Å²) in [6, 6.07) is 5.28. The smallest absolute Gasteiger partial charge is 0.321 e. The van der Waals surface area contributed by atoms with Crippen LogP contribution in [-0.4, -0.2) is 27.2 Å². The van der Waals surface area contributed by atoms with Crippen molar-refractivity contribution in [3.8, 4) is 0 Å². The number of nitrogens with zero attached hydrogens (tertiary/aromatic N) is 3. The molecule has 0 spiro atoms. The van der Waals surface area contributed by atoms with E-state index in [0.29, 0.717) is 18.1 Å². The zero-order chi connectivity index (χ0) is 11.4. The number of urea groups is 1. The molecular weight excluding hydrogens is 206 g/mol. The molecule has 2 aromatic rings. The Morgan fingerprint density at radius 1 is 1.44 bits per heavy atom. The summed E-state index contributed by atoms with van der Waals surface area (Å²) in [5.74, 6) is 0.421. The average molecular weight is 219 g/mol. The lowest BCUT2D eigenvalue weighted by Crippen LogP contribution is -2.30. The monoisotopic (exact) mass is 219 g/mol. The number of aromatic nitrogens is 3.